The number of hydrogen-bond acceptors (Lipinski definition) is 3. The van der Waals surface area contributed by atoms with Crippen molar-refractivity contribution in [3.8, 4) is 0 Å². The maximum atomic E-state index is 12.1. The van der Waals surface area contributed by atoms with Crippen molar-refractivity contribution in [1.29, 1.82) is 0 Å². The average molecular weight is 261 g/mol. The number of nitrogens with one attached hydrogen (secondary N) is 2. The van der Waals surface area contributed by atoms with Gasteiger partial charge in [-0.25, -0.2) is 4.98 Å². The summed E-state index contributed by atoms with van der Waals surface area (Å²) in [5.74, 6) is 0.733. The maximum absolute atomic E-state index is 12.1. The quantitative estimate of drug-likeness (QED) is 0.823. The molecule has 4 nitrogen and oxygen atoms in total. The summed E-state index contributed by atoms with van der Waals surface area (Å²) in [6.07, 6.45) is 7.55. The van der Waals surface area contributed by atoms with Gasteiger partial charge in [-0.2, -0.15) is 0 Å². The molecule has 1 aromatic heterocycles. The van der Waals surface area contributed by atoms with Crippen molar-refractivity contribution in [2.75, 3.05) is 12.4 Å². The smallest absolute Gasteiger partial charge is 0.270 e. The van der Waals surface area contributed by atoms with Gasteiger partial charge in [-0.15, -0.1) is 0 Å². The van der Waals surface area contributed by atoms with Crippen molar-refractivity contribution in [2.24, 2.45) is 5.92 Å². The summed E-state index contributed by atoms with van der Waals surface area (Å²) >= 11 is 0. The lowest BCUT2D eigenvalue weighted by molar-refractivity contribution is 0.0928. The van der Waals surface area contributed by atoms with Crippen molar-refractivity contribution in [3.05, 3.63) is 24.0 Å². The van der Waals surface area contributed by atoms with Crippen molar-refractivity contribution in [1.82, 2.24) is 10.3 Å². The number of carbonyl (C=O) groups excluding carboxylic acids is 1. The predicted octanol–water partition coefficient (Wildman–Crippen LogP) is 2.82. The molecule has 2 unspecified atom stereocenters. The summed E-state index contributed by atoms with van der Waals surface area (Å²) in [5.41, 5.74) is 1.41. The summed E-state index contributed by atoms with van der Waals surface area (Å²) in [6, 6.07) is 3.95. The SMILES string of the molecule is CNc1ccc(C(=O)NC2CCCC(C)CC2)nc1. The molecule has 1 amide bonds. The number of hydrogen-bond donors (Lipinski definition) is 2. The van der Waals surface area contributed by atoms with Crippen LogP contribution in [0.15, 0.2) is 18.3 Å². The van der Waals surface area contributed by atoms with Gasteiger partial charge < -0.3 is 10.6 Å². The Morgan fingerprint density at radius 2 is 2.11 bits per heavy atom. The predicted molar refractivity (Wildman–Crippen MR) is 77.3 cm³/mol. The van der Waals surface area contributed by atoms with E-state index in [0.717, 1.165) is 24.4 Å². The highest BCUT2D eigenvalue weighted by Crippen LogP contribution is 2.22. The standard InChI is InChI=1S/C15H23N3O/c1-11-4-3-5-12(7-6-11)18-15(19)14-9-8-13(16-2)10-17-14/h8-12,16H,3-7H2,1-2H3,(H,18,19). The second-order valence-electron chi connectivity index (χ2n) is 5.47. The first-order valence-electron chi connectivity index (χ1n) is 7.13. The largest absolute Gasteiger partial charge is 0.387 e. The Balaban J connectivity index is 1.92. The molecule has 4 heteroatoms. The molecule has 0 aromatic carbocycles. The van der Waals surface area contributed by atoms with E-state index in [4.69, 9.17) is 0 Å². The van der Waals surface area contributed by atoms with E-state index in [9.17, 15) is 4.79 Å². The van der Waals surface area contributed by atoms with Crippen molar-refractivity contribution < 1.29 is 4.79 Å². The zero-order valence-electron chi connectivity index (χ0n) is 11.8. The molecule has 2 N–H and O–H groups in total. The van der Waals surface area contributed by atoms with E-state index in [2.05, 4.69) is 22.5 Å². The average Bonchev–Trinajstić information content (AvgIpc) is 2.64. The first kappa shape index (κ1) is 13.8. The monoisotopic (exact) mass is 261 g/mol. The number of amides is 1. The van der Waals surface area contributed by atoms with Gasteiger partial charge in [0.2, 0.25) is 0 Å². The van der Waals surface area contributed by atoms with E-state index in [1.54, 1.807) is 12.3 Å². The van der Waals surface area contributed by atoms with E-state index in [1.807, 2.05) is 13.1 Å². The normalized spacial score (nSPS) is 23.5. The number of carbonyl (C=O) groups is 1. The van der Waals surface area contributed by atoms with Crippen LogP contribution >= 0.6 is 0 Å². The van der Waals surface area contributed by atoms with E-state index in [1.165, 1.54) is 19.3 Å². The third-order valence-corrected chi connectivity index (χ3v) is 3.88. The highest BCUT2D eigenvalue weighted by molar-refractivity contribution is 5.92. The topological polar surface area (TPSA) is 54.0 Å². The molecule has 0 spiro atoms. The van der Waals surface area contributed by atoms with Crippen LogP contribution < -0.4 is 10.6 Å². The fourth-order valence-corrected chi connectivity index (χ4v) is 2.57. The maximum Gasteiger partial charge on any atom is 0.270 e. The number of anilines is 1. The van der Waals surface area contributed by atoms with Crippen molar-refractivity contribution in [2.45, 2.75) is 45.1 Å². The number of aromatic nitrogens is 1. The van der Waals surface area contributed by atoms with Gasteiger partial charge in [0.05, 0.1) is 11.9 Å². The van der Waals surface area contributed by atoms with Crippen molar-refractivity contribution in [3.63, 3.8) is 0 Å². The Morgan fingerprint density at radius 1 is 1.26 bits per heavy atom. The Labute approximate surface area is 115 Å². The molecule has 1 saturated carbocycles. The van der Waals surface area contributed by atoms with Gasteiger partial charge >= 0.3 is 0 Å². The first-order valence-corrected chi connectivity index (χ1v) is 7.13. The van der Waals surface area contributed by atoms with Crippen molar-refractivity contribution >= 4 is 11.6 Å². The molecule has 0 bridgehead atoms. The number of nitrogens with zero attached hydrogens (tertiary/aromatic N) is 1. The summed E-state index contributed by atoms with van der Waals surface area (Å²) in [5, 5.41) is 6.10. The molecular weight excluding hydrogens is 238 g/mol. The molecule has 0 saturated heterocycles. The third kappa shape index (κ3) is 3.94. The fourth-order valence-electron chi connectivity index (χ4n) is 2.57. The van der Waals surface area contributed by atoms with E-state index < -0.39 is 0 Å². The molecule has 1 heterocycles. The second-order valence-corrected chi connectivity index (χ2v) is 5.47. The first-order chi connectivity index (χ1) is 9.19. The molecule has 0 radical (unpaired) electrons. The summed E-state index contributed by atoms with van der Waals surface area (Å²) in [7, 11) is 1.84. The van der Waals surface area contributed by atoms with Crippen LogP contribution in [0.25, 0.3) is 0 Å². The fraction of sp³-hybridized carbons (Fsp3) is 0.600. The zero-order chi connectivity index (χ0) is 13.7. The van der Waals surface area contributed by atoms with Crippen LogP contribution in [-0.4, -0.2) is 24.0 Å². The second kappa shape index (κ2) is 6.55. The van der Waals surface area contributed by atoms with Gasteiger partial charge in [0.25, 0.3) is 5.91 Å². The van der Waals surface area contributed by atoms with Gasteiger partial charge in [-0.3, -0.25) is 4.79 Å². The highest BCUT2D eigenvalue weighted by atomic mass is 16.1. The molecule has 1 aromatic rings. The molecule has 1 aliphatic carbocycles. The molecule has 104 valence electrons. The van der Waals surface area contributed by atoms with Gasteiger partial charge in [-0.1, -0.05) is 19.8 Å². The zero-order valence-corrected chi connectivity index (χ0v) is 11.8. The minimum Gasteiger partial charge on any atom is -0.387 e. The molecule has 1 fully saturated rings. The Hall–Kier alpha value is -1.58. The summed E-state index contributed by atoms with van der Waals surface area (Å²) in [4.78, 5) is 16.3. The number of pyridine rings is 1. The van der Waals surface area contributed by atoms with Crippen LogP contribution in [0.4, 0.5) is 5.69 Å². The third-order valence-electron chi connectivity index (χ3n) is 3.88. The lowest BCUT2D eigenvalue weighted by Crippen LogP contribution is -2.34. The Morgan fingerprint density at radius 3 is 2.79 bits per heavy atom. The van der Waals surface area contributed by atoms with Gasteiger partial charge in [0, 0.05) is 13.1 Å². The van der Waals surface area contributed by atoms with Crippen LogP contribution in [-0.2, 0) is 0 Å². The molecule has 19 heavy (non-hydrogen) atoms. The lowest BCUT2D eigenvalue weighted by atomic mass is 10.0. The van der Waals surface area contributed by atoms with Gasteiger partial charge in [-0.05, 0) is 37.3 Å². The minimum atomic E-state index is -0.0535. The van der Waals surface area contributed by atoms with E-state index in [0.29, 0.717) is 11.7 Å². The molecule has 0 aliphatic heterocycles. The van der Waals surface area contributed by atoms with Gasteiger partial charge in [0.15, 0.2) is 0 Å². The van der Waals surface area contributed by atoms with E-state index in [-0.39, 0.29) is 5.91 Å². The number of rotatable bonds is 3. The van der Waals surface area contributed by atoms with Gasteiger partial charge in [0.1, 0.15) is 5.69 Å². The van der Waals surface area contributed by atoms with Crippen LogP contribution in [0.1, 0.15) is 49.5 Å². The van der Waals surface area contributed by atoms with Crippen LogP contribution in [0.5, 0.6) is 0 Å². The Bertz CT molecular complexity index is 416. The lowest BCUT2D eigenvalue weighted by Gasteiger charge is -2.16. The van der Waals surface area contributed by atoms with Crippen LogP contribution in [0.2, 0.25) is 0 Å². The van der Waals surface area contributed by atoms with E-state index >= 15 is 0 Å². The Kier molecular flexibility index (Phi) is 4.77. The highest BCUT2D eigenvalue weighted by Gasteiger charge is 2.18. The molecule has 2 rings (SSSR count). The molecular formula is C15H23N3O. The molecule has 1 aliphatic rings. The summed E-state index contributed by atoms with van der Waals surface area (Å²) < 4.78 is 0. The summed E-state index contributed by atoms with van der Waals surface area (Å²) in [6.45, 7) is 2.29. The minimum absolute atomic E-state index is 0.0535. The van der Waals surface area contributed by atoms with Crippen LogP contribution in [0.3, 0.4) is 0 Å². The molecule has 2 atom stereocenters. The van der Waals surface area contributed by atoms with Crippen LogP contribution in [0, 0.1) is 5.92 Å².